The van der Waals surface area contributed by atoms with Gasteiger partial charge in [-0.2, -0.15) is 0 Å². The van der Waals surface area contributed by atoms with Crippen LogP contribution in [0.5, 0.6) is 17.2 Å². The van der Waals surface area contributed by atoms with Crippen molar-refractivity contribution in [1.29, 1.82) is 0 Å². The number of hydrogen-bond acceptors (Lipinski definition) is 6. The third-order valence-electron chi connectivity index (χ3n) is 6.75. The number of carbonyl (C=O) groups excluding carboxylic acids is 1. The predicted octanol–water partition coefficient (Wildman–Crippen LogP) is 4.84. The summed E-state index contributed by atoms with van der Waals surface area (Å²) in [5.41, 5.74) is 4.26. The van der Waals surface area contributed by atoms with Gasteiger partial charge in [-0.1, -0.05) is 37.0 Å². The SMILES string of the molecule is COc1cc(-c2cc(C#CCCCO)cc(C(=O)N[C@H](O)C(C)c3c[nH]c4ccccc34)c2)cc(OC)c1OC. The molecule has 1 aromatic heterocycles. The number of unbranched alkanes of at least 4 members (excludes halogenated alkanes) is 1. The van der Waals surface area contributed by atoms with Crippen molar-refractivity contribution in [3.8, 4) is 40.2 Å². The van der Waals surface area contributed by atoms with Crippen molar-refractivity contribution < 1.29 is 29.2 Å². The number of ether oxygens (including phenoxy) is 3. The lowest BCUT2D eigenvalue weighted by Crippen LogP contribution is -2.38. The number of aliphatic hydroxyl groups excluding tert-OH is 2. The van der Waals surface area contributed by atoms with Crippen LogP contribution in [0.1, 0.15) is 47.2 Å². The van der Waals surface area contributed by atoms with Gasteiger partial charge >= 0.3 is 0 Å². The van der Waals surface area contributed by atoms with E-state index in [1.807, 2.05) is 43.5 Å². The monoisotopic (exact) mass is 542 g/mol. The number of aromatic nitrogens is 1. The van der Waals surface area contributed by atoms with Gasteiger partial charge in [-0.15, -0.1) is 0 Å². The van der Waals surface area contributed by atoms with Gasteiger partial charge in [0.15, 0.2) is 11.5 Å². The number of aromatic amines is 1. The van der Waals surface area contributed by atoms with Crippen LogP contribution in [0.2, 0.25) is 0 Å². The highest BCUT2D eigenvalue weighted by Crippen LogP contribution is 2.41. The molecule has 0 saturated carbocycles. The highest BCUT2D eigenvalue weighted by Gasteiger charge is 2.23. The Bertz CT molecular complexity index is 1520. The van der Waals surface area contributed by atoms with Crippen molar-refractivity contribution in [2.45, 2.75) is 31.9 Å². The summed E-state index contributed by atoms with van der Waals surface area (Å²) < 4.78 is 16.5. The van der Waals surface area contributed by atoms with Gasteiger partial charge in [0, 0.05) is 47.2 Å². The van der Waals surface area contributed by atoms with Gasteiger partial charge in [-0.25, -0.2) is 0 Å². The lowest BCUT2D eigenvalue weighted by atomic mass is 9.97. The molecule has 1 unspecified atom stereocenters. The van der Waals surface area contributed by atoms with Crippen LogP contribution in [0.4, 0.5) is 0 Å². The lowest BCUT2D eigenvalue weighted by Gasteiger charge is -2.20. The summed E-state index contributed by atoms with van der Waals surface area (Å²) in [6, 6.07) is 16.7. The molecule has 8 heteroatoms. The van der Waals surface area contributed by atoms with Gasteiger partial charge in [0.2, 0.25) is 5.75 Å². The standard InChI is InChI=1S/C32H34N2O6/c1-20(26-19-33-27-12-8-7-11-25(26)27)31(36)34-32(37)24-15-21(10-6-5-9-13-35)14-22(16-24)23-17-28(38-2)30(40-4)29(18-23)39-3/h7-8,11-12,14-20,31,33,35-36H,5,9,13H2,1-4H3,(H,34,37)/t20?,31-/m1/s1. The van der Waals surface area contributed by atoms with E-state index in [0.717, 1.165) is 22.0 Å². The molecule has 2 atom stereocenters. The number of fused-ring (bicyclic) bond motifs is 1. The second-order valence-corrected chi connectivity index (χ2v) is 9.34. The van der Waals surface area contributed by atoms with E-state index >= 15 is 0 Å². The number of aliphatic hydroxyl groups is 2. The van der Waals surface area contributed by atoms with E-state index in [4.69, 9.17) is 19.3 Å². The zero-order chi connectivity index (χ0) is 28.6. The Morgan fingerprint density at radius 3 is 2.38 bits per heavy atom. The second kappa shape index (κ2) is 13.1. The van der Waals surface area contributed by atoms with Gasteiger partial charge in [-0.05, 0) is 59.5 Å². The van der Waals surface area contributed by atoms with Crippen LogP contribution in [0.15, 0.2) is 60.8 Å². The molecule has 208 valence electrons. The number of benzene rings is 3. The third kappa shape index (κ3) is 6.23. The molecule has 3 aromatic carbocycles. The van der Waals surface area contributed by atoms with Crippen LogP contribution in [0.25, 0.3) is 22.0 Å². The van der Waals surface area contributed by atoms with Crippen molar-refractivity contribution in [3.05, 3.63) is 77.5 Å². The first kappa shape index (κ1) is 28.6. The fraction of sp³-hybridized carbons (Fsp3) is 0.281. The molecular formula is C32H34N2O6. The number of nitrogens with one attached hydrogen (secondary N) is 2. The van der Waals surface area contributed by atoms with Gasteiger partial charge in [0.05, 0.1) is 21.3 Å². The molecule has 8 nitrogen and oxygen atoms in total. The molecule has 4 rings (SSSR count). The molecule has 1 amide bonds. The summed E-state index contributed by atoms with van der Waals surface area (Å²) in [6.07, 6.45) is 1.81. The minimum absolute atomic E-state index is 0.0559. The lowest BCUT2D eigenvalue weighted by molar-refractivity contribution is 0.0728. The number of amides is 1. The average molecular weight is 543 g/mol. The number of carbonyl (C=O) groups is 1. The Hall–Kier alpha value is -4.45. The number of para-hydroxylation sites is 1. The number of rotatable bonds is 10. The Morgan fingerprint density at radius 2 is 1.70 bits per heavy atom. The third-order valence-corrected chi connectivity index (χ3v) is 6.75. The van der Waals surface area contributed by atoms with Crippen LogP contribution < -0.4 is 19.5 Å². The first-order chi connectivity index (χ1) is 19.4. The zero-order valence-electron chi connectivity index (χ0n) is 23.1. The van der Waals surface area contributed by atoms with Crippen LogP contribution in [-0.2, 0) is 0 Å². The van der Waals surface area contributed by atoms with Gasteiger partial charge in [0.25, 0.3) is 5.91 Å². The molecule has 0 aliphatic heterocycles. The molecule has 40 heavy (non-hydrogen) atoms. The van der Waals surface area contributed by atoms with Gasteiger partial charge < -0.3 is 34.7 Å². The van der Waals surface area contributed by atoms with E-state index < -0.39 is 12.1 Å². The number of methoxy groups -OCH3 is 3. The predicted molar refractivity (Wildman–Crippen MR) is 155 cm³/mol. The normalized spacial score (nSPS) is 12.2. The number of H-pyrrole nitrogens is 1. The molecule has 0 spiro atoms. The highest BCUT2D eigenvalue weighted by molar-refractivity contribution is 5.96. The summed E-state index contributed by atoms with van der Waals surface area (Å²) >= 11 is 0. The topological polar surface area (TPSA) is 113 Å². The Balaban J connectivity index is 1.68. The molecular weight excluding hydrogens is 508 g/mol. The molecule has 4 aromatic rings. The molecule has 0 fully saturated rings. The van der Waals surface area contributed by atoms with E-state index in [9.17, 15) is 9.90 Å². The largest absolute Gasteiger partial charge is 0.493 e. The molecule has 0 bridgehead atoms. The van der Waals surface area contributed by atoms with Gasteiger partial charge in [-0.3, -0.25) is 4.79 Å². The maximum absolute atomic E-state index is 13.4. The van der Waals surface area contributed by atoms with E-state index in [0.29, 0.717) is 46.8 Å². The summed E-state index contributed by atoms with van der Waals surface area (Å²) in [6.45, 7) is 1.92. The van der Waals surface area contributed by atoms with Crippen LogP contribution in [0, 0.1) is 11.8 Å². The maximum atomic E-state index is 13.4. The zero-order valence-corrected chi connectivity index (χ0v) is 23.1. The molecule has 0 radical (unpaired) electrons. The number of hydrogen-bond donors (Lipinski definition) is 4. The van der Waals surface area contributed by atoms with Crippen molar-refractivity contribution >= 4 is 16.8 Å². The second-order valence-electron chi connectivity index (χ2n) is 9.34. The van der Waals surface area contributed by atoms with Crippen LogP contribution in [-0.4, -0.2) is 55.3 Å². The summed E-state index contributed by atoms with van der Waals surface area (Å²) in [7, 11) is 4.62. The fourth-order valence-corrected chi connectivity index (χ4v) is 4.56. The van der Waals surface area contributed by atoms with Crippen molar-refractivity contribution in [1.82, 2.24) is 10.3 Å². The summed E-state index contributed by atoms with van der Waals surface area (Å²) in [5, 5.41) is 23.8. The quantitative estimate of drug-likeness (QED) is 0.130. The minimum Gasteiger partial charge on any atom is -0.493 e. The maximum Gasteiger partial charge on any atom is 0.253 e. The summed E-state index contributed by atoms with van der Waals surface area (Å²) in [4.78, 5) is 16.6. The Kier molecular flexibility index (Phi) is 9.33. The fourth-order valence-electron chi connectivity index (χ4n) is 4.56. The van der Waals surface area contributed by atoms with E-state index in [2.05, 4.69) is 22.1 Å². The Labute approximate surface area is 233 Å². The smallest absolute Gasteiger partial charge is 0.253 e. The van der Waals surface area contributed by atoms with Crippen molar-refractivity contribution in [3.63, 3.8) is 0 Å². The van der Waals surface area contributed by atoms with Crippen molar-refractivity contribution in [2.24, 2.45) is 0 Å². The molecule has 1 heterocycles. The molecule has 0 saturated heterocycles. The average Bonchev–Trinajstić information content (AvgIpc) is 3.42. The first-order valence-corrected chi connectivity index (χ1v) is 13.0. The van der Waals surface area contributed by atoms with E-state index in [1.165, 1.54) is 7.11 Å². The first-order valence-electron chi connectivity index (χ1n) is 13.0. The van der Waals surface area contributed by atoms with Gasteiger partial charge in [0.1, 0.15) is 6.23 Å². The Morgan fingerprint density at radius 1 is 1.00 bits per heavy atom. The minimum atomic E-state index is -1.13. The van der Waals surface area contributed by atoms with Crippen LogP contribution in [0.3, 0.4) is 0 Å². The highest BCUT2D eigenvalue weighted by atomic mass is 16.5. The van der Waals surface area contributed by atoms with E-state index in [-0.39, 0.29) is 12.5 Å². The van der Waals surface area contributed by atoms with Crippen LogP contribution >= 0.6 is 0 Å². The van der Waals surface area contributed by atoms with Crippen molar-refractivity contribution in [2.75, 3.05) is 27.9 Å². The molecule has 0 aliphatic carbocycles. The molecule has 4 N–H and O–H groups in total. The molecule has 0 aliphatic rings. The summed E-state index contributed by atoms with van der Waals surface area (Å²) in [5.74, 6) is 6.74. The van der Waals surface area contributed by atoms with E-state index in [1.54, 1.807) is 38.5 Å².